The number of hydrogen-bond donors (Lipinski definition) is 1. The second kappa shape index (κ2) is 5.22. The average Bonchev–Trinajstić information content (AvgIpc) is 2.73. The van der Waals surface area contributed by atoms with Crippen molar-refractivity contribution in [3.8, 4) is 11.5 Å². The van der Waals surface area contributed by atoms with Gasteiger partial charge in [0, 0.05) is 17.6 Å². The zero-order chi connectivity index (χ0) is 14.0. The molecule has 1 heterocycles. The highest BCUT2D eigenvalue weighted by Gasteiger charge is 2.14. The number of benzene rings is 1. The zero-order valence-electron chi connectivity index (χ0n) is 11.3. The highest BCUT2D eigenvalue weighted by Crippen LogP contribution is 2.34. The Labute approximate surface area is 111 Å². The number of carboxylic acid groups (broad SMARTS) is 1. The molecule has 0 amide bonds. The van der Waals surface area contributed by atoms with Gasteiger partial charge in [-0.05, 0) is 18.1 Å². The van der Waals surface area contributed by atoms with Gasteiger partial charge in [0.05, 0.1) is 19.7 Å². The molecule has 0 spiro atoms. The van der Waals surface area contributed by atoms with Gasteiger partial charge in [-0.15, -0.1) is 0 Å². The van der Waals surface area contributed by atoms with Crippen molar-refractivity contribution < 1.29 is 19.4 Å². The molecule has 0 aliphatic carbocycles. The van der Waals surface area contributed by atoms with Gasteiger partial charge < -0.3 is 19.1 Å². The molecule has 2 rings (SSSR count). The zero-order valence-corrected chi connectivity index (χ0v) is 11.3. The molecule has 2 aromatic rings. The molecule has 5 nitrogen and oxygen atoms in total. The minimum absolute atomic E-state index is 0.0635. The minimum atomic E-state index is -0.866. The maximum absolute atomic E-state index is 10.9. The van der Waals surface area contributed by atoms with Crippen LogP contribution in [0.4, 0.5) is 0 Å². The maximum atomic E-state index is 10.9. The van der Waals surface area contributed by atoms with Gasteiger partial charge in [0.15, 0.2) is 11.5 Å². The van der Waals surface area contributed by atoms with Crippen molar-refractivity contribution in [3.05, 3.63) is 23.9 Å². The predicted molar refractivity (Wildman–Crippen MR) is 72.1 cm³/mol. The summed E-state index contributed by atoms with van der Waals surface area (Å²) in [5.41, 5.74) is 1.94. The van der Waals surface area contributed by atoms with Gasteiger partial charge in [-0.3, -0.25) is 4.79 Å². The van der Waals surface area contributed by atoms with Crippen molar-refractivity contribution in [2.24, 2.45) is 0 Å². The minimum Gasteiger partial charge on any atom is -0.493 e. The van der Waals surface area contributed by atoms with E-state index in [1.54, 1.807) is 18.8 Å². The third-order valence-electron chi connectivity index (χ3n) is 3.16. The molecule has 0 atom stereocenters. The fourth-order valence-electron chi connectivity index (χ4n) is 2.25. The van der Waals surface area contributed by atoms with Crippen molar-refractivity contribution in [1.29, 1.82) is 0 Å². The van der Waals surface area contributed by atoms with Gasteiger partial charge in [0.1, 0.15) is 6.54 Å². The molecule has 1 aromatic heterocycles. The Kier molecular flexibility index (Phi) is 3.64. The summed E-state index contributed by atoms with van der Waals surface area (Å²) in [4.78, 5) is 10.9. The lowest BCUT2D eigenvalue weighted by Crippen LogP contribution is -2.07. The van der Waals surface area contributed by atoms with E-state index in [4.69, 9.17) is 14.6 Å². The third-order valence-corrected chi connectivity index (χ3v) is 3.16. The van der Waals surface area contributed by atoms with Crippen molar-refractivity contribution in [3.63, 3.8) is 0 Å². The van der Waals surface area contributed by atoms with E-state index in [9.17, 15) is 4.79 Å². The first-order chi connectivity index (χ1) is 9.10. The first-order valence-electron chi connectivity index (χ1n) is 6.06. The van der Waals surface area contributed by atoms with Crippen LogP contribution in [0.2, 0.25) is 0 Å². The molecule has 0 aliphatic heterocycles. The Balaban J connectivity index is 2.68. The fraction of sp³-hybridized carbons (Fsp3) is 0.357. The Hall–Kier alpha value is -2.17. The summed E-state index contributed by atoms with van der Waals surface area (Å²) in [6, 6.07) is 3.71. The summed E-state index contributed by atoms with van der Waals surface area (Å²) in [5, 5.41) is 9.96. The molecule has 0 unspecified atom stereocenters. The van der Waals surface area contributed by atoms with E-state index in [2.05, 4.69) is 0 Å². The summed E-state index contributed by atoms with van der Waals surface area (Å²) < 4.78 is 12.3. The molecule has 5 heteroatoms. The predicted octanol–water partition coefficient (Wildman–Crippen LogP) is 2.31. The largest absolute Gasteiger partial charge is 0.493 e. The smallest absolute Gasteiger partial charge is 0.323 e. The Morgan fingerprint density at radius 2 is 1.89 bits per heavy atom. The molecular weight excluding hydrogens is 246 g/mol. The van der Waals surface area contributed by atoms with Crippen molar-refractivity contribution in [2.75, 3.05) is 14.2 Å². The van der Waals surface area contributed by atoms with Crippen LogP contribution in [-0.4, -0.2) is 29.9 Å². The Morgan fingerprint density at radius 3 is 2.42 bits per heavy atom. The van der Waals surface area contributed by atoms with Gasteiger partial charge in [-0.1, -0.05) is 6.92 Å². The first kappa shape index (κ1) is 13.3. The van der Waals surface area contributed by atoms with E-state index >= 15 is 0 Å². The lowest BCUT2D eigenvalue weighted by Gasteiger charge is -2.09. The topological polar surface area (TPSA) is 60.7 Å². The quantitative estimate of drug-likeness (QED) is 0.899. The SMILES string of the molecule is CCc1cn(CC(=O)O)c2cc(OC)c(OC)cc12. The van der Waals surface area contributed by atoms with Crippen LogP contribution < -0.4 is 9.47 Å². The fourth-order valence-corrected chi connectivity index (χ4v) is 2.25. The normalized spacial score (nSPS) is 10.7. The summed E-state index contributed by atoms with van der Waals surface area (Å²) in [6.45, 7) is 1.97. The molecule has 1 aromatic carbocycles. The van der Waals surface area contributed by atoms with Gasteiger partial charge in [0.2, 0.25) is 0 Å². The number of nitrogens with zero attached hydrogens (tertiary/aromatic N) is 1. The summed E-state index contributed by atoms with van der Waals surface area (Å²) >= 11 is 0. The van der Waals surface area contributed by atoms with E-state index in [1.165, 1.54) is 0 Å². The van der Waals surface area contributed by atoms with Gasteiger partial charge >= 0.3 is 5.97 Å². The first-order valence-corrected chi connectivity index (χ1v) is 6.06. The number of carboxylic acids is 1. The number of hydrogen-bond acceptors (Lipinski definition) is 3. The van der Waals surface area contributed by atoms with Crippen molar-refractivity contribution in [1.82, 2.24) is 4.57 Å². The number of aromatic nitrogens is 1. The number of aryl methyl sites for hydroxylation is 1. The molecule has 0 radical (unpaired) electrons. The van der Waals surface area contributed by atoms with Crippen LogP contribution in [0.3, 0.4) is 0 Å². The van der Waals surface area contributed by atoms with Gasteiger partial charge in [0.25, 0.3) is 0 Å². The molecule has 0 saturated heterocycles. The number of fused-ring (bicyclic) bond motifs is 1. The average molecular weight is 263 g/mol. The number of methoxy groups -OCH3 is 2. The van der Waals surface area contributed by atoms with E-state index in [1.807, 2.05) is 25.3 Å². The van der Waals surface area contributed by atoms with E-state index in [-0.39, 0.29) is 6.54 Å². The van der Waals surface area contributed by atoms with Crippen LogP contribution in [0.5, 0.6) is 11.5 Å². The van der Waals surface area contributed by atoms with E-state index < -0.39 is 5.97 Å². The van der Waals surface area contributed by atoms with Crippen LogP contribution in [0, 0.1) is 0 Å². The molecule has 19 heavy (non-hydrogen) atoms. The second-order valence-electron chi connectivity index (χ2n) is 4.25. The molecule has 0 aliphatic rings. The maximum Gasteiger partial charge on any atom is 0.323 e. The van der Waals surface area contributed by atoms with Gasteiger partial charge in [-0.2, -0.15) is 0 Å². The number of carbonyl (C=O) groups is 1. The third kappa shape index (κ3) is 2.36. The van der Waals surface area contributed by atoms with Crippen LogP contribution in [0.25, 0.3) is 10.9 Å². The van der Waals surface area contributed by atoms with Crippen LogP contribution in [0.1, 0.15) is 12.5 Å². The lowest BCUT2D eigenvalue weighted by molar-refractivity contribution is -0.137. The summed E-state index contributed by atoms with van der Waals surface area (Å²) in [6.07, 6.45) is 2.70. The summed E-state index contributed by atoms with van der Waals surface area (Å²) in [7, 11) is 3.15. The molecular formula is C14H17NO4. The van der Waals surface area contributed by atoms with E-state index in [0.717, 1.165) is 22.9 Å². The molecule has 1 N–H and O–H groups in total. The van der Waals surface area contributed by atoms with E-state index in [0.29, 0.717) is 11.5 Å². The second-order valence-corrected chi connectivity index (χ2v) is 4.25. The van der Waals surface area contributed by atoms with Crippen molar-refractivity contribution in [2.45, 2.75) is 19.9 Å². The number of aliphatic carboxylic acids is 1. The Morgan fingerprint density at radius 1 is 1.26 bits per heavy atom. The number of rotatable bonds is 5. The molecule has 102 valence electrons. The molecule has 0 bridgehead atoms. The standard InChI is InChI=1S/C14H17NO4/c1-4-9-7-15(8-14(16)17)11-6-13(19-3)12(18-2)5-10(9)11/h5-7H,4,8H2,1-3H3,(H,16,17). The lowest BCUT2D eigenvalue weighted by atomic mass is 10.1. The van der Waals surface area contributed by atoms with Crippen LogP contribution in [0.15, 0.2) is 18.3 Å². The molecule has 0 fully saturated rings. The van der Waals surface area contributed by atoms with Crippen LogP contribution in [-0.2, 0) is 17.8 Å². The highest BCUT2D eigenvalue weighted by atomic mass is 16.5. The van der Waals surface area contributed by atoms with Crippen molar-refractivity contribution >= 4 is 16.9 Å². The molecule has 0 saturated carbocycles. The Bertz CT molecular complexity index is 615. The van der Waals surface area contributed by atoms with Crippen LogP contribution >= 0.6 is 0 Å². The number of ether oxygens (including phenoxy) is 2. The highest BCUT2D eigenvalue weighted by molar-refractivity contribution is 5.88. The monoisotopic (exact) mass is 263 g/mol. The summed E-state index contributed by atoms with van der Waals surface area (Å²) in [5.74, 6) is 0.384. The van der Waals surface area contributed by atoms with Gasteiger partial charge in [-0.25, -0.2) is 0 Å².